The SMILES string of the molecule is C=C/C=C(\C=C/COCCNS(C)(=O)=O)c1cc2ccc(OC)cc2n1CC. The molecule has 0 aliphatic rings. The highest BCUT2D eigenvalue weighted by molar-refractivity contribution is 7.88. The molecule has 0 radical (unpaired) electrons. The molecule has 28 heavy (non-hydrogen) atoms. The van der Waals surface area contributed by atoms with Crippen LogP contribution in [0.2, 0.25) is 0 Å². The summed E-state index contributed by atoms with van der Waals surface area (Å²) in [6.07, 6.45) is 8.74. The molecule has 1 heterocycles. The van der Waals surface area contributed by atoms with E-state index >= 15 is 0 Å². The van der Waals surface area contributed by atoms with Crippen LogP contribution >= 0.6 is 0 Å². The van der Waals surface area contributed by atoms with Gasteiger partial charge >= 0.3 is 0 Å². The predicted molar refractivity (Wildman–Crippen MR) is 115 cm³/mol. The van der Waals surface area contributed by atoms with Crippen molar-refractivity contribution in [1.29, 1.82) is 0 Å². The van der Waals surface area contributed by atoms with Gasteiger partial charge in [0.05, 0.1) is 32.1 Å². The second-order valence-corrected chi connectivity index (χ2v) is 8.03. The van der Waals surface area contributed by atoms with Gasteiger partial charge in [-0.25, -0.2) is 13.1 Å². The second kappa shape index (κ2) is 10.3. The fourth-order valence-electron chi connectivity index (χ4n) is 2.92. The third-order valence-electron chi connectivity index (χ3n) is 4.14. The maximum Gasteiger partial charge on any atom is 0.208 e. The van der Waals surface area contributed by atoms with Crippen LogP contribution in [-0.2, 0) is 21.3 Å². The summed E-state index contributed by atoms with van der Waals surface area (Å²) in [5, 5.41) is 1.14. The van der Waals surface area contributed by atoms with Crippen LogP contribution in [0.3, 0.4) is 0 Å². The van der Waals surface area contributed by atoms with Crippen LogP contribution in [0.4, 0.5) is 0 Å². The van der Waals surface area contributed by atoms with Gasteiger partial charge in [0, 0.05) is 30.2 Å². The van der Waals surface area contributed by atoms with Gasteiger partial charge in [0.15, 0.2) is 0 Å². The number of methoxy groups -OCH3 is 1. The van der Waals surface area contributed by atoms with E-state index in [1.54, 1.807) is 13.2 Å². The number of ether oxygens (including phenoxy) is 2. The number of fused-ring (bicyclic) bond motifs is 1. The summed E-state index contributed by atoms with van der Waals surface area (Å²) >= 11 is 0. The molecule has 6 nitrogen and oxygen atoms in total. The number of nitrogens with one attached hydrogen (secondary N) is 1. The van der Waals surface area contributed by atoms with Crippen molar-refractivity contribution in [3.05, 3.63) is 60.8 Å². The maximum absolute atomic E-state index is 11.0. The molecule has 0 fully saturated rings. The van der Waals surface area contributed by atoms with Gasteiger partial charge < -0.3 is 14.0 Å². The maximum atomic E-state index is 11.0. The Morgan fingerprint density at radius 1 is 1.32 bits per heavy atom. The zero-order valence-electron chi connectivity index (χ0n) is 16.6. The minimum Gasteiger partial charge on any atom is -0.497 e. The number of rotatable bonds is 11. The summed E-state index contributed by atoms with van der Waals surface area (Å²) in [4.78, 5) is 0. The quantitative estimate of drug-likeness (QED) is 0.461. The first-order valence-electron chi connectivity index (χ1n) is 9.09. The lowest BCUT2D eigenvalue weighted by molar-refractivity contribution is 0.168. The van der Waals surface area contributed by atoms with E-state index in [9.17, 15) is 8.42 Å². The summed E-state index contributed by atoms with van der Waals surface area (Å²) < 4.78 is 37.4. The topological polar surface area (TPSA) is 69.6 Å². The van der Waals surface area contributed by atoms with Crippen LogP contribution in [0.15, 0.2) is 55.1 Å². The van der Waals surface area contributed by atoms with Gasteiger partial charge in [0.1, 0.15) is 5.75 Å². The molecule has 152 valence electrons. The van der Waals surface area contributed by atoms with E-state index < -0.39 is 10.0 Å². The zero-order valence-corrected chi connectivity index (χ0v) is 17.5. The third-order valence-corrected chi connectivity index (χ3v) is 4.87. The number of allylic oxidation sites excluding steroid dienone is 4. The number of benzene rings is 1. The normalized spacial score (nSPS) is 12.8. The van der Waals surface area contributed by atoms with Crippen LogP contribution in [0.1, 0.15) is 12.6 Å². The zero-order chi connectivity index (χ0) is 20.6. The number of aryl methyl sites for hydroxylation is 1. The molecule has 2 rings (SSSR count). The summed E-state index contributed by atoms with van der Waals surface area (Å²) in [6.45, 7) is 7.71. The number of hydrogen-bond acceptors (Lipinski definition) is 4. The first-order chi connectivity index (χ1) is 13.4. The molecule has 0 aliphatic carbocycles. The molecule has 1 aromatic heterocycles. The number of hydrogen-bond donors (Lipinski definition) is 1. The van der Waals surface area contributed by atoms with Crippen molar-refractivity contribution in [2.24, 2.45) is 0 Å². The van der Waals surface area contributed by atoms with E-state index in [2.05, 4.69) is 34.9 Å². The molecule has 0 unspecified atom stereocenters. The molecular formula is C21H28N2O4S. The van der Waals surface area contributed by atoms with Crippen molar-refractivity contribution in [3.63, 3.8) is 0 Å². The Kier molecular flexibility index (Phi) is 8.04. The van der Waals surface area contributed by atoms with E-state index in [4.69, 9.17) is 9.47 Å². The lowest BCUT2D eigenvalue weighted by atomic mass is 10.1. The monoisotopic (exact) mass is 404 g/mol. The molecule has 2 aromatic rings. The van der Waals surface area contributed by atoms with E-state index in [1.165, 1.54) is 0 Å². The van der Waals surface area contributed by atoms with Crippen LogP contribution in [0.25, 0.3) is 16.5 Å². The summed E-state index contributed by atoms with van der Waals surface area (Å²) in [5.41, 5.74) is 3.22. The molecule has 0 saturated heterocycles. The van der Waals surface area contributed by atoms with Crippen LogP contribution in [0.5, 0.6) is 5.75 Å². The summed E-state index contributed by atoms with van der Waals surface area (Å²) in [5.74, 6) is 0.827. The number of nitrogens with zero attached hydrogens (tertiary/aromatic N) is 1. The van der Waals surface area contributed by atoms with Crippen molar-refractivity contribution in [1.82, 2.24) is 9.29 Å². The Labute approximate surface area is 167 Å². The molecule has 0 bridgehead atoms. The molecule has 0 spiro atoms. The standard InChI is InChI=1S/C21H28N2O4S/c1-5-8-17(9-7-13-27-14-12-22-28(4,24)25)20-15-18-10-11-19(26-3)16-21(18)23(20)6-2/h5,7-11,15-16,22H,1,6,12-14H2,2-4H3/b9-7-,17-8+. The first kappa shape index (κ1) is 21.9. The van der Waals surface area contributed by atoms with Gasteiger partial charge in [-0.05, 0) is 30.7 Å². The van der Waals surface area contributed by atoms with Crippen LogP contribution in [0, 0.1) is 0 Å². The van der Waals surface area contributed by atoms with Crippen molar-refractivity contribution < 1.29 is 17.9 Å². The lowest BCUT2D eigenvalue weighted by Gasteiger charge is -2.09. The fourth-order valence-corrected chi connectivity index (χ4v) is 3.37. The third kappa shape index (κ3) is 6.09. The largest absolute Gasteiger partial charge is 0.497 e. The molecule has 0 aliphatic heterocycles. The van der Waals surface area contributed by atoms with E-state index in [1.807, 2.05) is 30.4 Å². The second-order valence-electron chi connectivity index (χ2n) is 6.20. The molecule has 0 amide bonds. The molecule has 7 heteroatoms. The van der Waals surface area contributed by atoms with Crippen molar-refractivity contribution in [2.45, 2.75) is 13.5 Å². The van der Waals surface area contributed by atoms with Gasteiger partial charge in [-0.1, -0.05) is 30.9 Å². The Hall–Kier alpha value is -2.35. The minimum atomic E-state index is -3.18. The highest BCUT2D eigenvalue weighted by Gasteiger charge is 2.10. The highest BCUT2D eigenvalue weighted by Crippen LogP contribution is 2.29. The predicted octanol–water partition coefficient (Wildman–Crippen LogP) is 3.36. The van der Waals surface area contributed by atoms with Crippen molar-refractivity contribution in [2.75, 3.05) is 33.1 Å². The van der Waals surface area contributed by atoms with E-state index in [0.717, 1.165) is 40.7 Å². The smallest absolute Gasteiger partial charge is 0.208 e. The van der Waals surface area contributed by atoms with Gasteiger partial charge in [-0.3, -0.25) is 0 Å². The average Bonchev–Trinajstić information content (AvgIpc) is 3.02. The van der Waals surface area contributed by atoms with Gasteiger partial charge in [-0.15, -0.1) is 0 Å². The molecule has 0 saturated carbocycles. The Bertz CT molecular complexity index is 972. The number of sulfonamides is 1. The minimum absolute atomic E-state index is 0.258. The first-order valence-corrected chi connectivity index (χ1v) is 11.0. The van der Waals surface area contributed by atoms with Crippen molar-refractivity contribution >= 4 is 26.5 Å². The van der Waals surface area contributed by atoms with Gasteiger partial charge in [0.25, 0.3) is 0 Å². The van der Waals surface area contributed by atoms with Crippen molar-refractivity contribution in [3.8, 4) is 5.75 Å². The summed E-state index contributed by atoms with van der Waals surface area (Å²) in [6, 6.07) is 8.19. The van der Waals surface area contributed by atoms with Gasteiger partial charge in [0.2, 0.25) is 10.0 Å². The highest BCUT2D eigenvalue weighted by atomic mass is 32.2. The van der Waals surface area contributed by atoms with E-state index in [0.29, 0.717) is 13.2 Å². The van der Waals surface area contributed by atoms with E-state index in [-0.39, 0.29) is 6.54 Å². The van der Waals surface area contributed by atoms with Crippen LogP contribution < -0.4 is 9.46 Å². The molecule has 1 aromatic carbocycles. The summed E-state index contributed by atoms with van der Waals surface area (Å²) in [7, 11) is -1.51. The Morgan fingerprint density at radius 3 is 2.75 bits per heavy atom. The van der Waals surface area contributed by atoms with Crippen LogP contribution in [-0.4, -0.2) is 46.1 Å². The fraction of sp³-hybridized carbons (Fsp3) is 0.333. The average molecular weight is 405 g/mol. The molecular weight excluding hydrogens is 376 g/mol. The Balaban J connectivity index is 2.13. The lowest BCUT2D eigenvalue weighted by Crippen LogP contribution is -2.25. The molecule has 0 atom stereocenters. The number of aromatic nitrogens is 1. The molecule has 1 N–H and O–H groups in total. The van der Waals surface area contributed by atoms with Gasteiger partial charge in [-0.2, -0.15) is 0 Å². The Morgan fingerprint density at radius 2 is 2.11 bits per heavy atom.